The highest BCUT2D eigenvalue weighted by Crippen LogP contribution is 2.10. The summed E-state index contributed by atoms with van der Waals surface area (Å²) in [4.78, 5) is 11.7. The van der Waals surface area contributed by atoms with Gasteiger partial charge in [-0.15, -0.1) is 0 Å². The molecule has 0 radical (unpaired) electrons. The molecule has 2 rings (SSSR count). The highest BCUT2D eigenvalue weighted by Gasteiger charge is 2.15. The van der Waals surface area contributed by atoms with E-state index in [-0.39, 0.29) is 11.9 Å². The summed E-state index contributed by atoms with van der Waals surface area (Å²) in [7, 11) is 0. The fraction of sp³-hybridized carbons (Fsp3) is 0.133. The summed E-state index contributed by atoms with van der Waals surface area (Å²) in [6.45, 7) is 3.68. The van der Waals surface area contributed by atoms with Crippen molar-refractivity contribution in [2.24, 2.45) is 0 Å². The van der Waals surface area contributed by atoms with Crippen molar-refractivity contribution < 1.29 is 13.9 Å². The lowest BCUT2D eigenvalue weighted by molar-refractivity contribution is 0.0360. The maximum Gasteiger partial charge on any atom is 0.374 e. The van der Waals surface area contributed by atoms with Crippen molar-refractivity contribution in [3.05, 3.63) is 72.7 Å². The summed E-state index contributed by atoms with van der Waals surface area (Å²) in [5.74, 6) is -0.268. The zero-order chi connectivity index (χ0) is 12.8. The number of furan rings is 1. The van der Waals surface area contributed by atoms with Crippen LogP contribution in [-0.4, -0.2) is 12.1 Å². The zero-order valence-electron chi connectivity index (χ0n) is 9.91. The van der Waals surface area contributed by atoms with Gasteiger partial charge in [0.25, 0.3) is 0 Å². The highest BCUT2D eigenvalue weighted by atomic mass is 16.6. The SMILES string of the molecule is C=CC(Cc1ccccc1)OC(=O)c1ccco1. The molecule has 0 aliphatic rings. The van der Waals surface area contributed by atoms with E-state index in [9.17, 15) is 4.79 Å². The van der Waals surface area contributed by atoms with Crippen LogP contribution in [0.2, 0.25) is 0 Å². The van der Waals surface area contributed by atoms with Gasteiger partial charge in [-0.2, -0.15) is 0 Å². The number of esters is 1. The van der Waals surface area contributed by atoms with Crippen LogP contribution in [0.25, 0.3) is 0 Å². The standard InChI is InChI=1S/C15H14O3/c1-2-13(11-12-7-4-3-5-8-12)18-15(16)14-9-6-10-17-14/h2-10,13H,1,11H2. The Morgan fingerprint density at radius 3 is 2.67 bits per heavy atom. The lowest BCUT2D eigenvalue weighted by Gasteiger charge is -2.13. The summed E-state index contributed by atoms with van der Waals surface area (Å²) in [5, 5.41) is 0. The molecule has 1 aromatic carbocycles. The predicted molar refractivity (Wildman–Crippen MR) is 68.3 cm³/mol. The van der Waals surface area contributed by atoms with Crippen molar-refractivity contribution >= 4 is 5.97 Å². The molecule has 0 aliphatic heterocycles. The molecule has 0 saturated heterocycles. The number of hydrogen-bond acceptors (Lipinski definition) is 3. The maximum absolute atomic E-state index is 11.7. The topological polar surface area (TPSA) is 39.4 Å². The van der Waals surface area contributed by atoms with Crippen LogP contribution in [0, 0.1) is 0 Å². The summed E-state index contributed by atoms with van der Waals surface area (Å²) >= 11 is 0. The van der Waals surface area contributed by atoms with E-state index in [1.807, 2.05) is 30.3 Å². The molecule has 0 aliphatic carbocycles. The third-order valence-electron chi connectivity index (χ3n) is 2.52. The van der Waals surface area contributed by atoms with Gasteiger partial charge >= 0.3 is 5.97 Å². The lowest BCUT2D eigenvalue weighted by Crippen LogP contribution is -2.18. The van der Waals surface area contributed by atoms with Gasteiger partial charge in [-0.05, 0) is 17.7 Å². The summed E-state index contributed by atoms with van der Waals surface area (Å²) in [6, 6.07) is 13.0. The van der Waals surface area contributed by atoms with Gasteiger partial charge < -0.3 is 9.15 Å². The molecule has 3 nitrogen and oxygen atoms in total. The van der Waals surface area contributed by atoms with Gasteiger partial charge in [0.05, 0.1) is 6.26 Å². The molecular weight excluding hydrogens is 228 g/mol. The molecular formula is C15H14O3. The van der Waals surface area contributed by atoms with Gasteiger partial charge in [0.15, 0.2) is 0 Å². The predicted octanol–water partition coefficient (Wildman–Crippen LogP) is 3.23. The maximum atomic E-state index is 11.7. The Morgan fingerprint density at radius 2 is 2.06 bits per heavy atom. The second kappa shape index (κ2) is 5.87. The van der Waals surface area contributed by atoms with Crippen LogP contribution in [0.4, 0.5) is 0 Å². The molecule has 18 heavy (non-hydrogen) atoms. The van der Waals surface area contributed by atoms with Crippen LogP contribution in [-0.2, 0) is 11.2 Å². The molecule has 1 heterocycles. The van der Waals surface area contributed by atoms with Crippen molar-refractivity contribution in [1.82, 2.24) is 0 Å². The van der Waals surface area contributed by atoms with Gasteiger partial charge in [0, 0.05) is 6.42 Å². The van der Waals surface area contributed by atoms with E-state index in [4.69, 9.17) is 9.15 Å². The van der Waals surface area contributed by atoms with Crippen molar-refractivity contribution in [3.63, 3.8) is 0 Å². The first-order valence-electron chi connectivity index (χ1n) is 5.70. The lowest BCUT2D eigenvalue weighted by atomic mass is 10.1. The van der Waals surface area contributed by atoms with Crippen LogP contribution < -0.4 is 0 Å². The minimum atomic E-state index is -0.471. The van der Waals surface area contributed by atoms with E-state index in [0.717, 1.165) is 5.56 Å². The van der Waals surface area contributed by atoms with E-state index in [0.29, 0.717) is 6.42 Å². The minimum absolute atomic E-state index is 0.204. The molecule has 0 amide bonds. The number of rotatable bonds is 5. The van der Waals surface area contributed by atoms with Gasteiger partial charge in [0.1, 0.15) is 6.10 Å². The molecule has 0 bridgehead atoms. The first-order valence-corrected chi connectivity index (χ1v) is 5.70. The highest BCUT2D eigenvalue weighted by molar-refractivity contribution is 5.86. The van der Waals surface area contributed by atoms with E-state index in [2.05, 4.69) is 6.58 Å². The fourth-order valence-corrected chi connectivity index (χ4v) is 1.61. The van der Waals surface area contributed by atoms with E-state index in [1.54, 1.807) is 18.2 Å². The second-order valence-corrected chi connectivity index (χ2v) is 3.85. The Hall–Kier alpha value is -2.29. The third kappa shape index (κ3) is 3.10. The Labute approximate surface area is 106 Å². The zero-order valence-corrected chi connectivity index (χ0v) is 9.91. The molecule has 2 aromatic rings. The minimum Gasteiger partial charge on any atom is -0.457 e. The molecule has 1 atom stereocenters. The van der Waals surface area contributed by atoms with Crippen molar-refractivity contribution in [2.75, 3.05) is 0 Å². The van der Waals surface area contributed by atoms with Crippen LogP contribution in [0.1, 0.15) is 16.1 Å². The molecule has 0 saturated carbocycles. The van der Waals surface area contributed by atoms with Gasteiger partial charge in [0.2, 0.25) is 5.76 Å². The van der Waals surface area contributed by atoms with Crippen LogP contribution in [0.5, 0.6) is 0 Å². The largest absolute Gasteiger partial charge is 0.457 e. The molecule has 1 aromatic heterocycles. The summed E-state index contributed by atoms with van der Waals surface area (Å²) < 4.78 is 10.3. The molecule has 0 N–H and O–H groups in total. The molecule has 3 heteroatoms. The van der Waals surface area contributed by atoms with Crippen LogP contribution in [0.15, 0.2) is 65.8 Å². The number of benzene rings is 1. The Balaban J connectivity index is 1.98. The number of hydrogen-bond donors (Lipinski definition) is 0. The second-order valence-electron chi connectivity index (χ2n) is 3.85. The van der Waals surface area contributed by atoms with Crippen LogP contribution >= 0.6 is 0 Å². The van der Waals surface area contributed by atoms with Gasteiger partial charge in [-0.3, -0.25) is 0 Å². The Bertz CT molecular complexity index is 500. The normalized spacial score (nSPS) is 11.8. The van der Waals surface area contributed by atoms with Crippen molar-refractivity contribution in [2.45, 2.75) is 12.5 Å². The fourth-order valence-electron chi connectivity index (χ4n) is 1.61. The molecule has 0 spiro atoms. The van der Waals surface area contributed by atoms with Gasteiger partial charge in [-0.1, -0.05) is 43.0 Å². The van der Waals surface area contributed by atoms with Crippen molar-refractivity contribution in [3.8, 4) is 0 Å². The third-order valence-corrected chi connectivity index (χ3v) is 2.52. The molecule has 1 unspecified atom stereocenters. The van der Waals surface area contributed by atoms with Gasteiger partial charge in [-0.25, -0.2) is 4.79 Å². The van der Waals surface area contributed by atoms with E-state index >= 15 is 0 Å². The van der Waals surface area contributed by atoms with E-state index in [1.165, 1.54) is 6.26 Å². The summed E-state index contributed by atoms with van der Waals surface area (Å²) in [6.07, 6.45) is 3.31. The Morgan fingerprint density at radius 1 is 1.28 bits per heavy atom. The molecule has 92 valence electrons. The number of ether oxygens (including phenoxy) is 1. The van der Waals surface area contributed by atoms with Crippen molar-refractivity contribution in [1.29, 1.82) is 0 Å². The first kappa shape index (κ1) is 12.2. The molecule has 0 fully saturated rings. The average Bonchev–Trinajstić information content (AvgIpc) is 2.93. The number of carbonyl (C=O) groups excluding carboxylic acids is 1. The quantitative estimate of drug-likeness (QED) is 0.597. The average molecular weight is 242 g/mol. The van der Waals surface area contributed by atoms with E-state index < -0.39 is 5.97 Å². The number of carbonyl (C=O) groups is 1. The smallest absolute Gasteiger partial charge is 0.374 e. The monoisotopic (exact) mass is 242 g/mol. The first-order chi connectivity index (χ1) is 8.79. The summed E-state index contributed by atoms with van der Waals surface area (Å²) in [5.41, 5.74) is 1.09. The van der Waals surface area contributed by atoms with Crippen LogP contribution in [0.3, 0.4) is 0 Å². The Kier molecular flexibility index (Phi) is 3.97.